The van der Waals surface area contributed by atoms with E-state index in [1.54, 1.807) is 17.4 Å². The molecule has 0 saturated carbocycles. The lowest BCUT2D eigenvalue weighted by atomic mass is 9.90. The van der Waals surface area contributed by atoms with Crippen molar-refractivity contribution in [2.24, 2.45) is 0 Å². The molecule has 0 bridgehead atoms. The minimum Gasteiger partial charge on any atom is -0.544 e. The first-order valence-electron chi connectivity index (χ1n) is 7.94. The number of nitrogens with one attached hydrogen (secondary N) is 1. The summed E-state index contributed by atoms with van der Waals surface area (Å²) in [7, 11) is 0. The van der Waals surface area contributed by atoms with Crippen molar-refractivity contribution in [3.05, 3.63) is 75.5 Å². The minimum atomic E-state index is -1.11. The summed E-state index contributed by atoms with van der Waals surface area (Å²) in [5.74, 6) is -1.11. The number of nitrogens with two attached hydrogens (primary N) is 1. The number of nitrogens with zero attached hydrogens (tertiary/aromatic N) is 1. The van der Waals surface area contributed by atoms with Gasteiger partial charge in [-0.25, -0.2) is 0 Å². The second kappa shape index (κ2) is 5.71. The third kappa shape index (κ3) is 2.54. The van der Waals surface area contributed by atoms with Crippen LogP contribution in [-0.4, -0.2) is 21.9 Å². The zero-order valence-electron chi connectivity index (χ0n) is 13.1. The number of para-hydroxylation sites is 1. The quantitative estimate of drug-likeness (QED) is 0.532. The molecule has 3 aromatic rings. The molecule has 2 aromatic carbocycles. The lowest BCUT2D eigenvalue weighted by molar-refractivity contribution is -0.717. The maximum absolute atomic E-state index is 11.5. The van der Waals surface area contributed by atoms with Crippen molar-refractivity contribution in [1.29, 1.82) is 0 Å². The van der Waals surface area contributed by atoms with Crippen LogP contribution in [0.3, 0.4) is 0 Å². The summed E-state index contributed by atoms with van der Waals surface area (Å²) < 4.78 is 0. The SMILES string of the molecule is O=C([O-])[C@H]1Cc2c([nH]c3ccccc23)[C@@H](c2ccc([N+](=O)[O-])cc2)[NH2+]1. The van der Waals surface area contributed by atoms with E-state index in [4.69, 9.17) is 0 Å². The van der Waals surface area contributed by atoms with Crippen molar-refractivity contribution in [2.45, 2.75) is 18.5 Å². The molecule has 0 fully saturated rings. The Morgan fingerprint density at radius 2 is 1.88 bits per heavy atom. The van der Waals surface area contributed by atoms with Gasteiger partial charge in [0.05, 0.1) is 16.6 Å². The fourth-order valence-corrected chi connectivity index (χ4v) is 3.57. The number of carbonyl (C=O) groups excluding carboxylic acids is 1. The largest absolute Gasteiger partial charge is 0.544 e. The molecule has 2 heterocycles. The molecular formula is C18H15N3O4. The number of benzene rings is 2. The summed E-state index contributed by atoms with van der Waals surface area (Å²) in [5.41, 5.74) is 3.67. The molecule has 3 N–H and O–H groups in total. The van der Waals surface area contributed by atoms with Gasteiger partial charge in [0.1, 0.15) is 6.04 Å². The Morgan fingerprint density at radius 1 is 1.16 bits per heavy atom. The molecule has 1 aliphatic heterocycles. The minimum absolute atomic E-state index is 0.00730. The first-order valence-corrected chi connectivity index (χ1v) is 7.94. The number of H-pyrrole nitrogens is 1. The van der Waals surface area contributed by atoms with Crippen molar-refractivity contribution >= 4 is 22.6 Å². The van der Waals surface area contributed by atoms with Crippen LogP contribution in [-0.2, 0) is 11.2 Å². The number of rotatable bonds is 3. The first-order chi connectivity index (χ1) is 12.0. The zero-order valence-corrected chi connectivity index (χ0v) is 13.1. The monoisotopic (exact) mass is 337 g/mol. The Bertz CT molecular complexity index is 978. The number of hydrogen-bond donors (Lipinski definition) is 2. The third-order valence-electron chi connectivity index (χ3n) is 4.77. The van der Waals surface area contributed by atoms with E-state index >= 15 is 0 Å². The van der Waals surface area contributed by atoms with Gasteiger partial charge in [0.2, 0.25) is 0 Å². The molecule has 0 spiro atoms. The highest BCUT2D eigenvalue weighted by molar-refractivity contribution is 5.86. The Morgan fingerprint density at radius 3 is 2.56 bits per heavy atom. The van der Waals surface area contributed by atoms with E-state index in [1.807, 2.05) is 24.3 Å². The molecule has 1 aromatic heterocycles. The normalized spacial score (nSPS) is 19.5. The molecule has 0 unspecified atom stereocenters. The second-order valence-electron chi connectivity index (χ2n) is 6.21. The third-order valence-corrected chi connectivity index (χ3v) is 4.77. The predicted molar refractivity (Wildman–Crippen MR) is 87.7 cm³/mol. The van der Waals surface area contributed by atoms with Crippen molar-refractivity contribution in [1.82, 2.24) is 4.98 Å². The predicted octanol–water partition coefficient (Wildman–Crippen LogP) is 0.403. The summed E-state index contributed by atoms with van der Waals surface area (Å²) in [4.78, 5) is 25.3. The smallest absolute Gasteiger partial charge is 0.269 e. The number of quaternary nitrogens is 1. The van der Waals surface area contributed by atoms with Gasteiger partial charge in [-0.3, -0.25) is 10.1 Å². The standard InChI is InChI=1S/C18H15N3O4/c22-18(23)15-9-13-12-3-1-2-4-14(12)19-17(13)16(20-15)10-5-7-11(8-6-10)21(24)25/h1-8,15-16,19-20H,9H2,(H,22,23)/t15-,16-/m1/s1. The van der Waals surface area contributed by atoms with E-state index in [1.165, 1.54) is 12.1 Å². The van der Waals surface area contributed by atoms with Gasteiger partial charge in [0.25, 0.3) is 5.69 Å². The molecule has 0 aliphatic carbocycles. The summed E-state index contributed by atoms with van der Waals surface area (Å²) >= 11 is 0. The molecule has 126 valence electrons. The molecule has 0 saturated heterocycles. The Kier molecular flexibility index (Phi) is 3.51. The number of non-ortho nitro benzene ring substituents is 1. The van der Waals surface area contributed by atoms with Crippen LogP contribution in [0.1, 0.15) is 22.9 Å². The molecule has 1 aliphatic rings. The molecule has 0 radical (unpaired) electrons. The maximum Gasteiger partial charge on any atom is 0.269 e. The highest BCUT2D eigenvalue weighted by Crippen LogP contribution is 2.32. The van der Waals surface area contributed by atoms with Crippen LogP contribution in [0.4, 0.5) is 5.69 Å². The number of aromatic amines is 1. The molecule has 2 atom stereocenters. The van der Waals surface area contributed by atoms with Crippen LogP contribution in [0.5, 0.6) is 0 Å². The van der Waals surface area contributed by atoms with Gasteiger partial charge in [-0.2, -0.15) is 0 Å². The Balaban J connectivity index is 1.84. The Hall–Kier alpha value is -3.19. The highest BCUT2D eigenvalue weighted by atomic mass is 16.6. The Labute approximate surface area is 142 Å². The van der Waals surface area contributed by atoms with Crippen molar-refractivity contribution in [3.8, 4) is 0 Å². The van der Waals surface area contributed by atoms with Gasteiger partial charge in [0, 0.05) is 35.0 Å². The van der Waals surface area contributed by atoms with Crippen LogP contribution < -0.4 is 10.4 Å². The van der Waals surface area contributed by atoms with E-state index in [9.17, 15) is 20.0 Å². The first kappa shape index (κ1) is 15.3. The van der Waals surface area contributed by atoms with Gasteiger partial charge < -0.3 is 20.2 Å². The fraction of sp³-hybridized carbons (Fsp3) is 0.167. The van der Waals surface area contributed by atoms with Crippen LogP contribution in [0, 0.1) is 10.1 Å². The summed E-state index contributed by atoms with van der Waals surface area (Å²) in [6, 6.07) is 13.0. The van der Waals surface area contributed by atoms with Gasteiger partial charge in [-0.05, 0) is 23.8 Å². The summed E-state index contributed by atoms with van der Waals surface area (Å²) in [6.07, 6.45) is 0.380. The average molecular weight is 337 g/mol. The number of aliphatic carboxylic acids is 1. The van der Waals surface area contributed by atoms with Crippen LogP contribution in [0.15, 0.2) is 48.5 Å². The topological polar surface area (TPSA) is 116 Å². The summed E-state index contributed by atoms with van der Waals surface area (Å²) in [5, 5.41) is 25.1. The number of aromatic nitrogens is 1. The lowest BCUT2D eigenvalue weighted by Crippen LogP contribution is -2.95. The maximum atomic E-state index is 11.5. The van der Waals surface area contributed by atoms with E-state index in [-0.39, 0.29) is 11.7 Å². The zero-order chi connectivity index (χ0) is 17.6. The van der Waals surface area contributed by atoms with E-state index in [0.29, 0.717) is 6.42 Å². The second-order valence-corrected chi connectivity index (χ2v) is 6.21. The summed E-state index contributed by atoms with van der Waals surface area (Å²) in [6.45, 7) is 0. The van der Waals surface area contributed by atoms with Crippen molar-refractivity contribution in [2.75, 3.05) is 0 Å². The molecular weight excluding hydrogens is 322 g/mol. The molecule has 7 heteroatoms. The molecule has 4 rings (SSSR count). The molecule has 25 heavy (non-hydrogen) atoms. The number of nitro groups is 1. The van der Waals surface area contributed by atoms with Gasteiger partial charge in [-0.15, -0.1) is 0 Å². The van der Waals surface area contributed by atoms with Gasteiger partial charge in [0.15, 0.2) is 6.04 Å². The number of carboxylic acid groups (broad SMARTS) is 1. The van der Waals surface area contributed by atoms with Gasteiger partial charge >= 0.3 is 0 Å². The van der Waals surface area contributed by atoms with Crippen LogP contribution in [0.25, 0.3) is 10.9 Å². The van der Waals surface area contributed by atoms with Crippen LogP contribution >= 0.6 is 0 Å². The lowest BCUT2D eigenvalue weighted by Gasteiger charge is -2.28. The number of hydrogen-bond acceptors (Lipinski definition) is 4. The number of carboxylic acids is 1. The number of carbonyl (C=O) groups is 1. The van der Waals surface area contributed by atoms with Crippen molar-refractivity contribution in [3.63, 3.8) is 0 Å². The van der Waals surface area contributed by atoms with Crippen LogP contribution in [0.2, 0.25) is 0 Å². The highest BCUT2D eigenvalue weighted by Gasteiger charge is 2.34. The average Bonchev–Trinajstić information content (AvgIpc) is 2.99. The fourth-order valence-electron chi connectivity index (χ4n) is 3.57. The van der Waals surface area contributed by atoms with E-state index < -0.39 is 16.9 Å². The number of nitro benzene ring substituents is 1. The van der Waals surface area contributed by atoms with Crippen molar-refractivity contribution < 1.29 is 20.1 Å². The molecule has 0 amide bonds. The number of fused-ring (bicyclic) bond motifs is 3. The van der Waals surface area contributed by atoms with Gasteiger partial charge in [-0.1, -0.05) is 18.2 Å². The van der Waals surface area contributed by atoms with E-state index in [0.717, 1.165) is 27.7 Å². The molecule has 7 nitrogen and oxygen atoms in total. The van der Waals surface area contributed by atoms with E-state index in [2.05, 4.69) is 4.98 Å².